The second-order valence-corrected chi connectivity index (χ2v) is 3.27. The van der Waals surface area contributed by atoms with Crippen LogP contribution in [0, 0.1) is 6.08 Å². The Morgan fingerprint density at radius 1 is 1.31 bits per heavy atom. The normalized spacial score (nSPS) is 13.6. The van der Waals surface area contributed by atoms with E-state index < -0.39 is 0 Å². The van der Waals surface area contributed by atoms with E-state index in [-0.39, 0.29) is 6.03 Å². The summed E-state index contributed by atoms with van der Waals surface area (Å²) < 4.78 is 0. The van der Waals surface area contributed by atoms with Crippen molar-refractivity contribution in [3.05, 3.63) is 54.8 Å². The SMILES string of the molecule is O=C(Nc1ccccc1)NN1C=C[C]=CC1. The molecule has 0 unspecified atom stereocenters. The fraction of sp³-hybridized carbons (Fsp3) is 0.0833. The zero-order valence-corrected chi connectivity index (χ0v) is 8.68. The maximum absolute atomic E-state index is 11.5. The molecule has 4 heteroatoms. The van der Waals surface area contributed by atoms with Crippen LogP contribution in [-0.2, 0) is 0 Å². The highest BCUT2D eigenvalue weighted by molar-refractivity contribution is 5.88. The van der Waals surface area contributed by atoms with E-state index in [2.05, 4.69) is 16.8 Å². The zero-order valence-electron chi connectivity index (χ0n) is 8.68. The fourth-order valence-electron chi connectivity index (χ4n) is 1.31. The van der Waals surface area contributed by atoms with E-state index in [4.69, 9.17) is 0 Å². The third-order valence-electron chi connectivity index (χ3n) is 2.03. The van der Waals surface area contributed by atoms with Crippen LogP contribution in [0.4, 0.5) is 10.5 Å². The first-order valence-electron chi connectivity index (χ1n) is 4.98. The van der Waals surface area contributed by atoms with Crippen molar-refractivity contribution < 1.29 is 4.79 Å². The molecule has 0 saturated heterocycles. The van der Waals surface area contributed by atoms with Crippen molar-refractivity contribution in [2.24, 2.45) is 0 Å². The Morgan fingerprint density at radius 3 is 2.81 bits per heavy atom. The van der Waals surface area contributed by atoms with Gasteiger partial charge in [-0.15, -0.1) is 0 Å². The topological polar surface area (TPSA) is 44.4 Å². The summed E-state index contributed by atoms with van der Waals surface area (Å²) in [6.07, 6.45) is 8.25. The van der Waals surface area contributed by atoms with E-state index in [9.17, 15) is 4.79 Å². The number of nitrogens with one attached hydrogen (secondary N) is 2. The molecule has 2 N–H and O–H groups in total. The molecule has 16 heavy (non-hydrogen) atoms. The van der Waals surface area contributed by atoms with Gasteiger partial charge in [0.15, 0.2) is 0 Å². The quantitative estimate of drug-likeness (QED) is 0.789. The van der Waals surface area contributed by atoms with Crippen LogP contribution in [-0.4, -0.2) is 17.6 Å². The maximum atomic E-state index is 11.5. The highest BCUT2D eigenvalue weighted by Crippen LogP contribution is 2.04. The second kappa shape index (κ2) is 5.02. The van der Waals surface area contributed by atoms with E-state index in [1.807, 2.05) is 36.4 Å². The predicted molar refractivity (Wildman–Crippen MR) is 62.3 cm³/mol. The van der Waals surface area contributed by atoms with Crippen LogP contribution in [0.25, 0.3) is 0 Å². The number of amides is 2. The summed E-state index contributed by atoms with van der Waals surface area (Å²) in [6, 6.07) is 9.05. The Hall–Kier alpha value is -2.23. The standard InChI is InChI=1S/C12H12N3O/c16-12(13-11-7-3-1-4-8-11)14-15-9-5-2-6-10-15/h1,3-9H,10H2,(H2,13,14,16). The molecule has 4 nitrogen and oxygen atoms in total. The fourth-order valence-corrected chi connectivity index (χ4v) is 1.31. The van der Waals surface area contributed by atoms with Gasteiger partial charge in [-0.25, -0.2) is 10.2 Å². The number of hydrazine groups is 1. The van der Waals surface area contributed by atoms with Gasteiger partial charge in [0, 0.05) is 11.9 Å². The van der Waals surface area contributed by atoms with Crippen molar-refractivity contribution in [3.8, 4) is 0 Å². The maximum Gasteiger partial charge on any atom is 0.338 e. The number of anilines is 1. The summed E-state index contributed by atoms with van der Waals surface area (Å²) in [4.78, 5) is 11.5. The number of rotatable bonds is 2. The van der Waals surface area contributed by atoms with E-state index in [0.717, 1.165) is 5.69 Å². The number of carbonyl (C=O) groups excluding carboxylic acids is 1. The number of para-hydroxylation sites is 1. The second-order valence-electron chi connectivity index (χ2n) is 3.27. The van der Waals surface area contributed by atoms with Crippen molar-refractivity contribution in [1.82, 2.24) is 10.4 Å². The van der Waals surface area contributed by atoms with Gasteiger partial charge in [-0.1, -0.05) is 24.3 Å². The third-order valence-corrected chi connectivity index (χ3v) is 2.03. The van der Waals surface area contributed by atoms with Crippen molar-refractivity contribution in [2.45, 2.75) is 0 Å². The molecule has 0 fully saturated rings. The van der Waals surface area contributed by atoms with Crippen LogP contribution in [0.1, 0.15) is 0 Å². The molecule has 0 bridgehead atoms. The number of hydrogen-bond acceptors (Lipinski definition) is 2. The lowest BCUT2D eigenvalue weighted by Gasteiger charge is -2.21. The summed E-state index contributed by atoms with van der Waals surface area (Å²) in [5.74, 6) is 0. The van der Waals surface area contributed by atoms with Gasteiger partial charge < -0.3 is 5.32 Å². The van der Waals surface area contributed by atoms with E-state index in [1.54, 1.807) is 17.3 Å². The summed E-state index contributed by atoms with van der Waals surface area (Å²) >= 11 is 0. The highest BCUT2D eigenvalue weighted by Gasteiger charge is 2.05. The van der Waals surface area contributed by atoms with Gasteiger partial charge in [-0.05, 0) is 24.3 Å². The number of nitrogens with zero attached hydrogens (tertiary/aromatic N) is 1. The molecule has 1 aromatic rings. The summed E-state index contributed by atoms with van der Waals surface area (Å²) in [7, 11) is 0. The van der Waals surface area contributed by atoms with Crippen molar-refractivity contribution in [1.29, 1.82) is 0 Å². The highest BCUT2D eigenvalue weighted by atomic mass is 16.2. The monoisotopic (exact) mass is 214 g/mol. The van der Waals surface area contributed by atoms with Crippen LogP contribution in [0.3, 0.4) is 0 Å². The Balaban J connectivity index is 1.85. The molecule has 1 radical (unpaired) electrons. The van der Waals surface area contributed by atoms with Crippen LogP contribution < -0.4 is 10.7 Å². The van der Waals surface area contributed by atoms with Crippen molar-refractivity contribution >= 4 is 11.7 Å². The van der Waals surface area contributed by atoms with Gasteiger partial charge >= 0.3 is 6.03 Å². The molecule has 0 spiro atoms. The lowest BCUT2D eigenvalue weighted by molar-refractivity contribution is 0.225. The smallest absolute Gasteiger partial charge is 0.307 e. The minimum absolute atomic E-state index is 0.258. The number of carbonyl (C=O) groups is 1. The third kappa shape index (κ3) is 2.88. The summed E-state index contributed by atoms with van der Waals surface area (Å²) in [5, 5.41) is 4.40. The Labute approximate surface area is 94.2 Å². The minimum Gasteiger partial charge on any atom is -0.307 e. The van der Waals surface area contributed by atoms with Crippen LogP contribution in [0.15, 0.2) is 48.7 Å². The van der Waals surface area contributed by atoms with Crippen molar-refractivity contribution in [2.75, 3.05) is 11.9 Å². The lowest BCUT2D eigenvalue weighted by Crippen LogP contribution is -2.41. The number of benzene rings is 1. The van der Waals surface area contributed by atoms with Crippen LogP contribution in [0.2, 0.25) is 0 Å². The van der Waals surface area contributed by atoms with Gasteiger partial charge in [0.1, 0.15) is 0 Å². The molecule has 1 aromatic carbocycles. The Bertz CT molecular complexity index is 412. The molecule has 1 aliphatic heterocycles. The molecular formula is C12H12N3O. The minimum atomic E-state index is -0.258. The first-order valence-corrected chi connectivity index (χ1v) is 4.98. The molecule has 0 atom stereocenters. The Kier molecular flexibility index (Phi) is 3.23. The summed E-state index contributed by atoms with van der Waals surface area (Å²) in [5.41, 5.74) is 3.46. The van der Waals surface area contributed by atoms with E-state index in [1.165, 1.54) is 0 Å². The molecule has 0 aliphatic carbocycles. The molecule has 1 aliphatic rings. The number of allylic oxidation sites excluding steroid dienone is 2. The molecule has 2 rings (SSSR count). The van der Waals surface area contributed by atoms with Gasteiger partial charge in [0.25, 0.3) is 0 Å². The first-order chi connectivity index (χ1) is 7.84. The average molecular weight is 214 g/mol. The molecule has 0 saturated carbocycles. The Morgan fingerprint density at radius 2 is 2.12 bits per heavy atom. The lowest BCUT2D eigenvalue weighted by atomic mass is 10.3. The van der Waals surface area contributed by atoms with E-state index >= 15 is 0 Å². The van der Waals surface area contributed by atoms with E-state index in [0.29, 0.717) is 6.54 Å². The zero-order chi connectivity index (χ0) is 11.2. The number of urea groups is 1. The van der Waals surface area contributed by atoms with Gasteiger partial charge in [0.05, 0.1) is 6.54 Å². The molecule has 0 aromatic heterocycles. The van der Waals surface area contributed by atoms with Crippen LogP contribution >= 0.6 is 0 Å². The van der Waals surface area contributed by atoms with Gasteiger partial charge in [-0.3, -0.25) is 5.01 Å². The van der Waals surface area contributed by atoms with Gasteiger partial charge in [-0.2, -0.15) is 0 Å². The largest absolute Gasteiger partial charge is 0.338 e. The average Bonchev–Trinajstić information content (AvgIpc) is 2.31. The molecule has 1 heterocycles. The molecular weight excluding hydrogens is 202 g/mol. The van der Waals surface area contributed by atoms with Gasteiger partial charge in [0.2, 0.25) is 0 Å². The number of hydrogen-bond donors (Lipinski definition) is 2. The molecule has 2 amide bonds. The first kappa shape index (κ1) is 10.3. The predicted octanol–water partition coefficient (Wildman–Crippen LogP) is 1.91. The van der Waals surface area contributed by atoms with Crippen molar-refractivity contribution in [3.63, 3.8) is 0 Å². The summed E-state index contributed by atoms with van der Waals surface area (Å²) in [6.45, 7) is 0.624. The van der Waals surface area contributed by atoms with Crippen LogP contribution in [0.5, 0.6) is 0 Å². The molecule has 81 valence electrons.